The summed E-state index contributed by atoms with van der Waals surface area (Å²) >= 11 is 0. The fraction of sp³-hybridized carbons (Fsp3) is 0.286. The Morgan fingerprint density at radius 2 is 2.20 bits per heavy atom. The van der Waals surface area contributed by atoms with Gasteiger partial charge in [-0.3, -0.25) is 0 Å². The Balaban J connectivity index is 3.17. The molecule has 0 amide bonds. The second kappa shape index (κ2) is 2.17. The molecule has 0 aliphatic carbocycles. The standard InChI is InChI=1S/C7H9NO2/c1-4-3-8-6(5(4)2)7(9)10/h3,8H,1-2H3,(H,9,10). The highest BCUT2D eigenvalue weighted by atomic mass is 16.4. The predicted molar refractivity (Wildman–Crippen MR) is 37.2 cm³/mol. The summed E-state index contributed by atoms with van der Waals surface area (Å²) in [5.41, 5.74) is 2.09. The van der Waals surface area contributed by atoms with Crippen molar-refractivity contribution in [3.63, 3.8) is 0 Å². The third kappa shape index (κ3) is 0.900. The lowest BCUT2D eigenvalue weighted by molar-refractivity contribution is 0.0690. The third-order valence-corrected chi connectivity index (χ3v) is 1.61. The molecule has 0 aromatic carbocycles. The van der Waals surface area contributed by atoms with Gasteiger partial charge >= 0.3 is 5.97 Å². The number of aromatic amines is 1. The smallest absolute Gasteiger partial charge is 0.352 e. The van der Waals surface area contributed by atoms with Crippen molar-refractivity contribution in [2.45, 2.75) is 13.8 Å². The summed E-state index contributed by atoms with van der Waals surface area (Å²) in [6.45, 7) is 3.66. The molecule has 1 aromatic rings. The minimum Gasteiger partial charge on any atom is -0.477 e. The summed E-state index contributed by atoms with van der Waals surface area (Å²) in [4.78, 5) is 13.1. The van der Waals surface area contributed by atoms with Gasteiger partial charge in [-0.05, 0) is 25.0 Å². The SMILES string of the molecule is Cc1c[nH]c(C(=O)O)c1C. The van der Waals surface area contributed by atoms with E-state index in [-0.39, 0.29) is 5.69 Å². The summed E-state index contributed by atoms with van der Waals surface area (Å²) in [7, 11) is 0. The van der Waals surface area contributed by atoms with E-state index in [0.29, 0.717) is 0 Å². The molecule has 0 radical (unpaired) electrons. The number of H-pyrrole nitrogens is 1. The minimum atomic E-state index is -0.898. The summed E-state index contributed by atoms with van der Waals surface area (Å²) in [5.74, 6) is -0.898. The van der Waals surface area contributed by atoms with Gasteiger partial charge in [-0.2, -0.15) is 0 Å². The fourth-order valence-electron chi connectivity index (χ4n) is 0.816. The van der Waals surface area contributed by atoms with Crippen molar-refractivity contribution in [3.8, 4) is 0 Å². The Morgan fingerprint density at radius 1 is 1.60 bits per heavy atom. The van der Waals surface area contributed by atoms with Crippen molar-refractivity contribution in [1.82, 2.24) is 4.98 Å². The van der Waals surface area contributed by atoms with E-state index in [1.165, 1.54) is 0 Å². The van der Waals surface area contributed by atoms with Crippen molar-refractivity contribution >= 4 is 5.97 Å². The lowest BCUT2D eigenvalue weighted by Gasteiger charge is -1.90. The lowest BCUT2D eigenvalue weighted by Crippen LogP contribution is -1.98. The molecule has 54 valence electrons. The number of carboxylic acid groups (broad SMARTS) is 1. The van der Waals surface area contributed by atoms with Crippen LogP contribution >= 0.6 is 0 Å². The van der Waals surface area contributed by atoms with Crippen LogP contribution in [0.25, 0.3) is 0 Å². The first-order valence-corrected chi connectivity index (χ1v) is 3.01. The van der Waals surface area contributed by atoms with Crippen LogP contribution < -0.4 is 0 Å². The van der Waals surface area contributed by atoms with E-state index < -0.39 is 5.97 Å². The average Bonchev–Trinajstić information content (AvgIpc) is 2.14. The molecule has 0 atom stereocenters. The molecule has 0 aliphatic heterocycles. The molecule has 0 spiro atoms. The van der Waals surface area contributed by atoms with E-state index in [1.807, 2.05) is 6.92 Å². The van der Waals surface area contributed by atoms with E-state index in [2.05, 4.69) is 4.98 Å². The maximum absolute atomic E-state index is 10.4. The van der Waals surface area contributed by atoms with Gasteiger partial charge in [-0.1, -0.05) is 0 Å². The first-order valence-electron chi connectivity index (χ1n) is 3.01. The van der Waals surface area contributed by atoms with Crippen LogP contribution in [-0.4, -0.2) is 16.1 Å². The summed E-state index contributed by atoms with van der Waals surface area (Å²) < 4.78 is 0. The molecule has 3 heteroatoms. The predicted octanol–water partition coefficient (Wildman–Crippen LogP) is 1.33. The number of hydrogen-bond acceptors (Lipinski definition) is 1. The van der Waals surface area contributed by atoms with Crippen LogP contribution in [0.2, 0.25) is 0 Å². The number of rotatable bonds is 1. The van der Waals surface area contributed by atoms with Crippen molar-refractivity contribution in [2.24, 2.45) is 0 Å². The normalized spacial score (nSPS) is 9.80. The Bertz CT molecular complexity index is 263. The summed E-state index contributed by atoms with van der Waals surface area (Å²) in [6.07, 6.45) is 1.69. The van der Waals surface area contributed by atoms with Gasteiger partial charge < -0.3 is 10.1 Å². The van der Waals surface area contributed by atoms with E-state index in [0.717, 1.165) is 11.1 Å². The molecule has 1 aromatic heterocycles. The molecular formula is C7H9NO2. The number of hydrogen-bond donors (Lipinski definition) is 2. The van der Waals surface area contributed by atoms with E-state index in [1.54, 1.807) is 13.1 Å². The first kappa shape index (κ1) is 6.86. The maximum Gasteiger partial charge on any atom is 0.352 e. The van der Waals surface area contributed by atoms with Gasteiger partial charge in [-0.25, -0.2) is 4.79 Å². The Kier molecular flexibility index (Phi) is 1.49. The van der Waals surface area contributed by atoms with Gasteiger partial charge in [0.05, 0.1) is 0 Å². The van der Waals surface area contributed by atoms with Gasteiger partial charge in [0, 0.05) is 6.20 Å². The number of carboxylic acids is 1. The van der Waals surface area contributed by atoms with Gasteiger partial charge in [0.2, 0.25) is 0 Å². The second-order valence-electron chi connectivity index (χ2n) is 2.28. The number of carbonyl (C=O) groups is 1. The van der Waals surface area contributed by atoms with Crippen LogP contribution in [0.1, 0.15) is 21.6 Å². The second-order valence-corrected chi connectivity index (χ2v) is 2.28. The zero-order valence-corrected chi connectivity index (χ0v) is 5.93. The van der Waals surface area contributed by atoms with Crippen LogP contribution in [0.15, 0.2) is 6.20 Å². The van der Waals surface area contributed by atoms with Gasteiger partial charge in [0.25, 0.3) is 0 Å². The van der Waals surface area contributed by atoms with Gasteiger partial charge in [0.15, 0.2) is 0 Å². The van der Waals surface area contributed by atoms with Gasteiger partial charge in [0.1, 0.15) is 5.69 Å². The molecule has 1 heterocycles. The Hall–Kier alpha value is -1.25. The van der Waals surface area contributed by atoms with E-state index in [4.69, 9.17) is 5.11 Å². The van der Waals surface area contributed by atoms with Crippen LogP contribution in [0, 0.1) is 13.8 Å². The maximum atomic E-state index is 10.4. The van der Waals surface area contributed by atoms with Crippen LogP contribution in [0.3, 0.4) is 0 Å². The topological polar surface area (TPSA) is 53.1 Å². The van der Waals surface area contributed by atoms with E-state index >= 15 is 0 Å². The van der Waals surface area contributed by atoms with Crippen LogP contribution in [-0.2, 0) is 0 Å². The summed E-state index contributed by atoms with van der Waals surface area (Å²) in [6, 6.07) is 0. The van der Waals surface area contributed by atoms with Crippen LogP contribution in [0.5, 0.6) is 0 Å². The quantitative estimate of drug-likeness (QED) is 0.616. The molecule has 0 fully saturated rings. The van der Waals surface area contributed by atoms with Crippen molar-refractivity contribution in [2.75, 3.05) is 0 Å². The highest BCUT2D eigenvalue weighted by Gasteiger charge is 2.08. The molecule has 0 saturated heterocycles. The molecule has 10 heavy (non-hydrogen) atoms. The monoisotopic (exact) mass is 139 g/mol. The third-order valence-electron chi connectivity index (χ3n) is 1.61. The molecule has 0 saturated carbocycles. The molecule has 0 aliphatic rings. The summed E-state index contributed by atoms with van der Waals surface area (Å²) in [5, 5.41) is 8.55. The minimum absolute atomic E-state index is 0.289. The number of aromatic nitrogens is 1. The van der Waals surface area contributed by atoms with Crippen LogP contribution in [0.4, 0.5) is 0 Å². The number of aromatic carboxylic acids is 1. The average molecular weight is 139 g/mol. The number of aryl methyl sites for hydroxylation is 1. The molecule has 0 unspecified atom stereocenters. The van der Waals surface area contributed by atoms with Gasteiger partial charge in [-0.15, -0.1) is 0 Å². The largest absolute Gasteiger partial charge is 0.477 e. The lowest BCUT2D eigenvalue weighted by atomic mass is 10.2. The highest BCUT2D eigenvalue weighted by Crippen LogP contribution is 2.10. The van der Waals surface area contributed by atoms with E-state index in [9.17, 15) is 4.79 Å². The van der Waals surface area contributed by atoms with Crippen molar-refractivity contribution in [1.29, 1.82) is 0 Å². The molecule has 0 bridgehead atoms. The van der Waals surface area contributed by atoms with Crippen molar-refractivity contribution in [3.05, 3.63) is 23.0 Å². The fourth-order valence-corrected chi connectivity index (χ4v) is 0.816. The highest BCUT2D eigenvalue weighted by molar-refractivity contribution is 5.87. The first-order chi connectivity index (χ1) is 4.63. The molecule has 3 nitrogen and oxygen atoms in total. The Morgan fingerprint density at radius 3 is 2.40 bits per heavy atom. The zero-order valence-electron chi connectivity index (χ0n) is 5.93. The Labute approximate surface area is 58.7 Å². The van der Waals surface area contributed by atoms with Crippen molar-refractivity contribution < 1.29 is 9.90 Å². The zero-order chi connectivity index (χ0) is 7.72. The number of nitrogens with one attached hydrogen (secondary N) is 1. The molecular weight excluding hydrogens is 130 g/mol. The molecule has 2 N–H and O–H groups in total. The molecule has 1 rings (SSSR count).